The Bertz CT molecular complexity index is 756. The number of rotatable bonds is 3. The van der Waals surface area contributed by atoms with Gasteiger partial charge in [-0.2, -0.15) is 5.10 Å². The van der Waals surface area contributed by atoms with E-state index in [1.54, 1.807) is 18.5 Å². The molecule has 0 fully saturated rings. The maximum atomic E-state index is 10.3. The Kier molecular flexibility index (Phi) is 2.97. The Labute approximate surface area is 116 Å². The third-order valence-electron chi connectivity index (χ3n) is 3.37. The van der Waals surface area contributed by atoms with Crippen molar-refractivity contribution in [2.24, 2.45) is 0 Å². The van der Waals surface area contributed by atoms with Crippen LogP contribution < -0.4 is 0 Å². The molecular formula is C15H17N3O2. The zero-order valence-corrected chi connectivity index (χ0v) is 11.8. The molecule has 0 bridgehead atoms. The molecule has 3 aromatic rings. The molecule has 5 nitrogen and oxygen atoms in total. The van der Waals surface area contributed by atoms with Crippen molar-refractivity contribution in [3.8, 4) is 17.1 Å². The van der Waals surface area contributed by atoms with Crippen LogP contribution in [-0.2, 0) is 6.42 Å². The Morgan fingerprint density at radius 1 is 1.30 bits per heavy atom. The van der Waals surface area contributed by atoms with Crippen molar-refractivity contribution in [2.75, 3.05) is 0 Å². The van der Waals surface area contributed by atoms with Crippen molar-refractivity contribution >= 4 is 11.0 Å². The van der Waals surface area contributed by atoms with Gasteiger partial charge in [-0.25, -0.2) is 0 Å². The molecule has 0 aromatic carbocycles. The topological polar surface area (TPSA) is 64.1 Å². The van der Waals surface area contributed by atoms with E-state index in [1.165, 1.54) is 0 Å². The van der Waals surface area contributed by atoms with E-state index in [2.05, 4.69) is 23.9 Å². The van der Waals surface area contributed by atoms with Crippen molar-refractivity contribution in [2.45, 2.75) is 33.2 Å². The average Bonchev–Trinajstić information content (AvgIpc) is 3.03. The standard InChI is InChI=1S/C15H17N3O2/c1-4-11-15(19)13-12(20-11)6-7-16-14(13)10-5-8-17-18(10)9(2)3/h5-9,19H,4H2,1-3H3. The number of fused-ring (bicyclic) bond motifs is 1. The summed E-state index contributed by atoms with van der Waals surface area (Å²) in [6.07, 6.45) is 4.08. The highest BCUT2D eigenvalue weighted by atomic mass is 16.4. The van der Waals surface area contributed by atoms with Crippen LogP contribution in [0.25, 0.3) is 22.4 Å². The highest BCUT2D eigenvalue weighted by Crippen LogP contribution is 2.38. The molecule has 0 amide bonds. The van der Waals surface area contributed by atoms with Gasteiger partial charge in [-0.05, 0) is 26.0 Å². The number of furan rings is 1. The van der Waals surface area contributed by atoms with Crippen LogP contribution in [0.15, 0.2) is 28.9 Å². The van der Waals surface area contributed by atoms with Gasteiger partial charge in [0.05, 0.1) is 11.1 Å². The molecular weight excluding hydrogens is 254 g/mol. The number of hydrogen-bond donors (Lipinski definition) is 1. The van der Waals surface area contributed by atoms with Crippen molar-refractivity contribution in [3.05, 3.63) is 30.3 Å². The summed E-state index contributed by atoms with van der Waals surface area (Å²) in [7, 11) is 0. The monoisotopic (exact) mass is 271 g/mol. The second-order valence-electron chi connectivity index (χ2n) is 5.01. The lowest BCUT2D eigenvalue weighted by Crippen LogP contribution is -2.05. The summed E-state index contributed by atoms with van der Waals surface area (Å²) in [5.41, 5.74) is 2.24. The molecule has 104 valence electrons. The third-order valence-corrected chi connectivity index (χ3v) is 3.37. The lowest BCUT2D eigenvalue weighted by Gasteiger charge is -2.10. The van der Waals surface area contributed by atoms with Gasteiger partial charge in [0.25, 0.3) is 0 Å². The van der Waals surface area contributed by atoms with E-state index in [0.29, 0.717) is 28.8 Å². The fourth-order valence-corrected chi connectivity index (χ4v) is 2.43. The van der Waals surface area contributed by atoms with E-state index >= 15 is 0 Å². The molecule has 0 saturated heterocycles. The maximum absolute atomic E-state index is 10.3. The fraction of sp³-hybridized carbons (Fsp3) is 0.333. The fourth-order valence-electron chi connectivity index (χ4n) is 2.43. The van der Waals surface area contributed by atoms with Crippen molar-refractivity contribution in [1.29, 1.82) is 0 Å². The van der Waals surface area contributed by atoms with Crippen molar-refractivity contribution < 1.29 is 9.52 Å². The number of aromatic hydroxyl groups is 1. The molecule has 1 N–H and O–H groups in total. The molecule has 0 unspecified atom stereocenters. The van der Waals surface area contributed by atoms with Gasteiger partial charge in [-0.15, -0.1) is 0 Å². The molecule has 0 aliphatic carbocycles. The van der Waals surface area contributed by atoms with Crippen LogP contribution in [-0.4, -0.2) is 19.9 Å². The first-order valence-electron chi connectivity index (χ1n) is 6.76. The molecule has 0 aliphatic rings. The van der Waals surface area contributed by atoms with Gasteiger partial charge in [0.2, 0.25) is 0 Å². The SMILES string of the molecule is CCc1oc2ccnc(-c3ccnn3C(C)C)c2c1O. The molecule has 5 heteroatoms. The van der Waals surface area contributed by atoms with Gasteiger partial charge in [-0.3, -0.25) is 9.67 Å². The van der Waals surface area contributed by atoms with Crippen LogP contribution in [0.3, 0.4) is 0 Å². The summed E-state index contributed by atoms with van der Waals surface area (Å²) in [5, 5.41) is 15.3. The molecule has 3 heterocycles. The van der Waals surface area contributed by atoms with Crippen LogP contribution in [0.5, 0.6) is 5.75 Å². The van der Waals surface area contributed by atoms with E-state index in [1.807, 2.05) is 17.7 Å². The number of pyridine rings is 1. The number of hydrogen-bond acceptors (Lipinski definition) is 4. The first-order chi connectivity index (χ1) is 9.63. The van der Waals surface area contributed by atoms with E-state index < -0.39 is 0 Å². The van der Waals surface area contributed by atoms with Gasteiger partial charge < -0.3 is 9.52 Å². The Balaban J connectivity index is 2.31. The van der Waals surface area contributed by atoms with Gasteiger partial charge in [0.15, 0.2) is 5.75 Å². The summed E-state index contributed by atoms with van der Waals surface area (Å²) in [6.45, 7) is 6.07. The van der Waals surface area contributed by atoms with E-state index in [-0.39, 0.29) is 11.8 Å². The van der Waals surface area contributed by atoms with Crippen LogP contribution in [0.1, 0.15) is 32.6 Å². The summed E-state index contributed by atoms with van der Waals surface area (Å²) < 4.78 is 7.56. The minimum absolute atomic E-state index is 0.183. The van der Waals surface area contributed by atoms with Gasteiger partial charge in [-0.1, -0.05) is 6.92 Å². The lowest BCUT2D eigenvalue weighted by atomic mass is 10.1. The largest absolute Gasteiger partial charge is 0.504 e. The molecule has 0 aliphatic heterocycles. The predicted octanol–water partition coefficient (Wildman–Crippen LogP) is 3.54. The highest BCUT2D eigenvalue weighted by Gasteiger charge is 2.20. The summed E-state index contributed by atoms with van der Waals surface area (Å²) in [5.74, 6) is 0.770. The summed E-state index contributed by atoms with van der Waals surface area (Å²) >= 11 is 0. The van der Waals surface area contributed by atoms with E-state index in [0.717, 1.165) is 5.69 Å². The van der Waals surface area contributed by atoms with Crippen LogP contribution in [0.4, 0.5) is 0 Å². The minimum Gasteiger partial charge on any atom is -0.504 e. The Morgan fingerprint density at radius 2 is 2.10 bits per heavy atom. The number of aromatic nitrogens is 3. The van der Waals surface area contributed by atoms with Gasteiger partial charge in [0, 0.05) is 24.9 Å². The molecule has 0 spiro atoms. The molecule has 20 heavy (non-hydrogen) atoms. The summed E-state index contributed by atoms with van der Waals surface area (Å²) in [6, 6.07) is 3.89. The first-order valence-corrected chi connectivity index (χ1v) is 6.76. The Morgan fingerprint density at radius 3 is 2.80 bits per heavy atom. The molecule has 3 rings (SSSR count). The third kappa shape index (κ3) is 1.78. The zero-order chi connectivity index (χ0) is 14.3. The predicted molar refractivity (Wildman–Crippen MR) is 76.7 cm³/mol. The molecule has 3 aromatic heterocycles. The summed E-state index contributed by atoms with van der Waals surface area (Å²) in [4.78, 5) is 4.42. The minimum atomic E-state index is 0.183. The highest BCUT2D eigenvalue weighted by molar-refractivity contribution is 5.96. The smallest absolute Gasteiger partial charge is 0.167 e. The Hall–Kier alpha value is -2.30. The van der Waals surface area contributed by atoms with Crippen LogP contribution >= 0.6 is 0 Å². The molecule has 0 saturated carbocycles. The van der Waals surface area contributed by atoms with Crippen LogP contribution in [0, 0.1) is 0 Å². The van der Waals surface area contributed by atoms with Crippen LogP contribution in [0.2, 0.25) is 0 Å². The average molecular weight is 271 g/mol. The second kappa shape index (κ2) is 4.67. The molecule has 0 atom stereocenters. The second-order valence-corrected chi connectivity index (χ2v) is 5.01. The van der Waals surface area contributed by atoms with E-state index in [4.69, 9.17) is 4.42 Å². The van der Waals surface area contributed by atoms with Gasteiger partial charge >= 0.3 is 0 Å². The normalized spacial score (nSPS) is 11.6. The number of nitrogens with zero attached hydrogens (tertiary/aromatic N) is 3. The maximum Gasteiger partial charge on any atom is 0.167 e. The number of aryl methyl sites for hydroxylation is 1. The lowest BCUT2D eigenvalue weighted by molar-refractivity contribution is 0.443. The van der Waals surface area contributed by atoms with Crippen molar-refractivity contribution in [1.82, 2.24) is 14.8 Å². The first kappa shape index (κ1) is 12.7. The van der Waals surface area contributed by atoms with Gasteiger partial charge in [0.1, 0.15) is 17.0 Å². The molecule has 0 radical (unpaired) electrons. The quantitative estimate of drug-likeness (QED) is 0.791. The zero-order valence-electron chi connectivity index (χ0n) is 11.8. The van der Waals surface area contributed by atoms with Crippen molar-refractivity contribution in [3.63, 3.8) is 0 Å². The van der Waals surface area contributed by atoms with E-state index in [9.17, 15) is 5.11 Å².